The van der Waals surface area contributed by atoms with E-state index in [9.17, 15) is 0 Å². The van der Waals surface area contributed by atoms with Crippen molar-refractivity contribution in [3.63, 3.8) is 0 Å². The first-order chi connectivity index (χ1) is 8.11. The van der Waals surface area contributed by atoms with Crippen LogP contribution in [0.5, 0.6) is 0 Å². The molecule has 1 N–H and O–H groups in total. The molecule has 0 spiro atoms. The van der Waals surface area contributed by atoms with Crippen LogP contribution in [0, 0.1) is 0 Å². The highest BCUT2D eigenvalue weighted by Crippen LogP contribution is 2.12. The molecule has 0 amide bonds. The maximum atomic E-state index is 3.76. The van der Waals surface area contributed by atoms with E-state index in [4.69, 9.17) is 0 Å². The molecule has 1 saturated heterocycles. The summed E-state index contributed by atoms with van der Waals surface area (Å²) in [6, 6.07) is 1.44. The van der Waals surface area contributed by atoms with E-state index in [-0.39, 0.29) is 0 Å². The van der Waals surface area contributed by atoms with Crippen LogP contribution >= 0.6 is 0 Å². The van der Waals surface area contributed by atoms with Crippen molar-refractivity contribution in [1.82, 2.24) is 10.2 Å². The molecule has 1 atom stereocenters. The highest BCUT2D eigenvalue weighted by Gasteiger charge is 2.19. The molecule has 100 valence electrons. The number of hydrogen-bond acceptors (Lipinski definition) is 2. The normalized spacial score (nSPS) is 20.2. The molecule has 1 aliphatic heterocycles. The topological polar surface area (TPSA) is 15.3 Å². The lowest BCUT2D eigenvalue weighted by Gasteiger charge is -2.33. The fourth-order valence-corrected chi connectivity index (χ4v) is 2.51. The molecule has 1 heterocycles. The van der Waals surface area contributed by atoms with E-state index >= 15 is 0 Å². The minimum absolute atomic E-state index is 0.689. The second kappa shape index (κ2) is 7.88. The Morgan fingerprint density at radius 1 is 1.35 bits per heavy atom. The van der Waals surface area contributed by atoms with Gasteiger partial charge in [-0.05, 0) is 53.1 Å². The highest BCUT2D eigenvalue weighted by atomic mass is 15.1. The summed E-state index contributed by atoms with van der Waals surface area (Å²) in [5.74, 6) is 0. The molecule has 2 nitrogen and oxygen atoms in total. The van der Waals surface area contributed by atoms with Gasteiger partial charge in [0.25, 0.3) is 0 Å². The SMILES string of the molecule is CCCC(C)NC1CCN(CC=C(C)C)CC1. The van der Waals surface area contributed by atoms with Crippen LogP contribution in [-0.4, -0.2) is 36.6 Å². The third-order valence-corrected chi connectivity index (χ3v) is 3.59. The summed E-state index contributed by atoms with van der Waals surface area (Å²) >= 11 is 0. The largest absolute Gasteiger partial charge is 0.311 e. The molecule has 0 aromatic carbocycles. The molecule has 1 rings (SSSR count). The molecule has 0 radical (unpaired) electrons. The summed E-state index contributed by atoms with van der Waals surface area (Å²) in [5, 5.41) is 3.76. The van der Waals surface area contributed by atoms with Gasteiger partial charge in [-0.25, -0.2) is 0 Å². The van der Waals surface area contributed by atoms with Crippen LogP contribution in [0.2, 0.25) is 0 Å². The van der Waals surface area contributed by atoms with Crippen LogP contribution < -0.4 is 5.32 Å². The van der Waals surface area contributed by atoms with E-state index < -0.39 is 0 Å². The van der Waals surface area contributed by atoms with Crippen molar-refractivity contribution in [1.29, 1.82) is 0 Å². The lowest BCUT2D eigenvalue weighted by molar-refractivity contribution is 0.206. The van der Waals surface area contributed by atoms with Gasteiger partial charge in [-0.1, -0.05) is 25.0 Å². The predicted octanol–water partition coefficient (Wildman–Crippen LogP) is 3.20. The molecule has 2 heteroatoms. The van der Waals surface area contributed by atoms with Gasteiger partial charge in [0.2, 0.25) is 0 Å². The molecule has 0 aliphatic carbocycles. The first kappa shape index (κ1) is 14.7. The van der Waals surface area contributed by atoms with Crippen LogP contribution in [0.1, 0.15) is 53.4 Å². The zero-order chi connectivity index (χ0) is 12.7. The van der Waals surface area contributed by atoms with Gasteiger partial charge in [0.1, 0.15) is 0 Å². The van der Waals surface area contributed by atoms with Gasteiger partial charge >= 0.3 is 0 Å². The lowest BCUT2D eigenvalue weighted by atomic mass is 10.0. The molecule has 1 aliphatic rings. The number of nitrogens with zero attached hydrogens (tertiary/aromatic N) is 1. The number of nitrogens with one attached hydrogen (secondary N) is 1. The van der Waals surface area contributed by atoms with Crippen molar-refractivity contribution in [3.8, 4) is 0 Å². The Balaban J connectivity index is 2.19. The van der Waals surface area contributed by atoms with Crippen molar-refractivity contribution in [2.45, 2.75) is 65.5 Å². The van der Waals surface area contributed by atoms with Crippen molar-refractivity contribution >= 4 is 0 Å². The number of likely N-dealkylation sites (tertiary alicyclic amines) is 1. The fraction of sp³-hybridized carbons (Fsp3) is 0.867. The van der Waals surface area contributed by atoms with Gasteiger partial charge in [-0.3, -0.25) is 4.90 Å². The molecule has 17 heavy (non-hydrogen) atoms. The molecule has 0 saturated carbocycles. The molecule has 1 unspecified atom stereocenters. The summed E-state index contributed by atoms with van der Waals surface area (Å²) in [7, 11) is 0. The van der Waals surface area contributed by atoms with Crippen LogP contribution in [0.15, 0.2) is 11.6 Å². The number of piperidine rings is 1. The van der Waals surface area contributed by atoms with Gasteiger partial charge in [0.05, 0.1) is 0 Å². The number of hydrogen-bond donors (Lipinski definition) is 1. The summed E-state index contributed by atoms with van der Waals surface area (Å²) in [5.41, 5.74) is 1.43. The summed E-state index contributed by atoms with van der Waals surface area (Å²) < 4.78 is 0. The Bertz CT molecular complexity index is 223. The molecule has 0 aromatic rings. The minimum Gasteiger partial charge on any atom is -0.311 e. The zero-order valence-electron chi connectivity index (χ0n) is 12.1. The third-order valence-electron chi connectivity index (χ3n) is 3.59. The van der Waals surface area contributed by atoms with E-state index in [1.54, 1.807) is 0 Å². The Labute approximate surface area is 107 Å². The minimum atomic E-state index is 0.689. The highest BCUT2D eigenvalue weighted by molar-refractivity contribution is 4.95. The van der Waals surface area contributed by atoms with Gasteiger partial charge in [-0.2, -0.15) is 0 Å². The van der Waals surface area contributed by atoms with Crippen molar-refractivity contribution in [2.24, 2.45) is 0 Å². The number of rotatable bonds is 6. The van der Waals surface area contributed by atoms with Gasteiger partial charge in [0, 0.05) is 18.6 Å². The molecule has 0 bridgehead atoms. The first-order valence-corrected chi connectivity index (χ1v) is 7.23. The van der Waals surface area contributed by atoms with E-state index in [0.29, 0.717) is 6.04 Å². The van der Waals surface area contributed by atoms with Crippen molar-refractivity contribution < 1.29 is 0 Å². The van der Waals surface area contributed by atoms with E-state index in [1.807, 2.05) is 0 Å². The van der Waals surface area contributed by atoms with Crippen LogP contribution in [-0.2, 0) is 0 Å². The van der Waals surface area contributed by atoms with Crippen LogP contribution in [0.25, 0.3) is 0 Å². The Morgan fingerprint density at radius 3 is 2.53 bits per heavy atom. The standard InChI is InChI=1S/C15H30N2/c1-5-6-14(4)16-15-8-11-17(12-9-15)10-7-13(2)3/h7,14-16H,5-6,8-12H2,1-4H3. The van der Waals surface area contributed by atoms with Crippen molar-refractivity contribution in [2.75, 3.05) is 19.6 Å². The van der Waals surface area contributed by atoms with E-state index in [0.717, 1.165) is 12.6 Å². The maximum absolute atomic E-state index is 3.76. The maximum Gasteiger partial charge on any atom is 0.0165 e. The average Bonchev–Trinajstić information content (AvgIpc) is 2.28. The Morgan fingerprint density at radius 2 is 2.00 bits per heavy atom. The lowest BCUT2D eigenvalue weighted by Crippen LogP contribution is -2.45. The van der Waals surface area contributed by atoms with Crippen LogP contribution in [0.4, 0.5) is 0 Å². The summed E-state index contributed by atoms with van der Waals surface area (Å²) in [4.78, 5) is 2.57. The summed E-state index contributed by atoms with van der Waals surface area (Å²) in [6.45, 7) is 12.6. The molecule has 1 fully saturated rings. The van der Waals surface area contributed by atoms with Gasteiger partial charge in [0.15, 0.2) is 0 Å². The number of allylic oxidation sites excluding steroid dienone is 1. The monoisotopic (exact) mass is 238 g/mol. The van der Waals surface area contributed by atoms with E-state index in [2.05, 4.69) is 44.0 Å². The molecule has 0 aromatic heterocycles. The Hall–Kier alpha value is -0.340. The quantitative estimate of drug-likeness (QED) is 0.715. The van der Waals surface area contributed by atoms with Crippen molar-refractivity contribution in [3.05, 3.63) is 11.6 Å². The van der Waals surface area contributed by atoms with Gasteiger partial charge < -0.3 is 5.32 Å². The van der Waals surface area contributed by atoms with Gasteiger partial charge in [-0.15, -0.1) is 0 Å². The summed E-state index contributed by atoms with van der Waals surface area (Å²) in [6.07, 6.45) is 7.55. The third kappa shape index (κ3) is 6.23. The van der Waals surface area contributed by atoms with E-state index in [1.165, 1.54) is 44.3 Å². The fourth-order valence-electron chi connectivity index (χ4n) is 2.51. The predicted molar refractivity (Wildman–Crippen MR) is 76.4 cm³/mol. The van der Waals surface area contributed by atoms with Crippen LogP contribution in [0.3, 0.4) is 0 Å². The zero-order valence-corrected chi connectivity index (χ0v) is 12.1. The molecular weight excluding hydrogens is 208 g/mol. The first-order valence-electron chi connectivity index (χ1n) is 7.23. The molecular formula is C15H30N2. The second-order valence-corrected chi connectivity index (χ2v) is 5.71. The average molecular weight is 238 g/mol. The Kier molecular flexibility index (Phi) is 6.83. The second-order valence-electron chi connectivity index (χ2n) is 5.71. The smallest absolute Gasteiger partial charge is 0.0165 e.